The van der Waals surface area contributed by atoms with E-state index in [2.05, 4.69) is 10.6 Å². The van der Waals surface area contributed by atoms with E-state index in [1.165, 1.54) is 0 Å². The maximum atomic E-state index is 10.4. The van der Waals surface area contributed by atoms with Crippen LogP contribution in [-0.4, -0.2) is 33.7 Å². The number of rotatable bonds is 4. The van der Waals surface area contributed by atoms with Gasteiger partial charge in [-0.1, -0.05) is 0 Å². The molecule has 0 amide bonds. The standard InChI is InChI=1S/C11H22N2O2/c1-6(2)12-10(14)8-5-9(8)11(10,15)13-7(3)4/h6-9,12-15H,5H2,1-4H3/t8?,9?,10-,11+. The summed E-state index contributed by atoms with van der Waals surface area (Å²) in [5.41, 5.74) is -2.29. The molecule has 0 bridgehead atoms. The van der Waals surface area contributed by atoms with Crippen LogP contribution in [0.1, 0.15) is 34.1 Å². The van der Waals surface area contributed by atoms with Crippen LogP contribution in [0.3, 0.4) is 0 Å². The second kappa shape index (κ2) is 3.17. The fourth-order valence-electron chi connectivity index (χ4n) is 2.90. The first kappa shape index (κ1) is 11.3. The van der Waals surface area contributed by atoms with Gasteiger partial charge in [-0.2, -0.15) is 0 Å². The summed E-state index contributed by atoms with van der Waals surface area (Å²) < 4.78 is 0. The molecule has 4 heteroatoms. The first-order valence-electron chi connectivity index (χ1n) is 5.81. The van der Waals surface area contributed by atoms with E-state index in [0.29, 0.717) is 0 Å². The molecule has 0 heterocycles. The largest absolute Gasteiger partial charge is 0.371 e. The molecule has 88 valence electrons. The van der Waals surface area contributed by atoms with Gasteiger partial charge in [-0.3, -0.25) is 10.6 Å². The van der Waals surface area contributed by atoms with Crippen LogP contribution in [-0.2, 0) is 0 Å². The average Bonchev–Trinajstić information content (AvgIpc) is 2.77. The van der Waals surface area contributed by atoms with Crippen molar-refractivity contribution >= 4 is 0 Å². The van der Waals surface area contributed by atoms with E-state index in [1.807, 2.05) is 27.7 Å². The third kappa shape index (κ3) is 1.43. The zero-order chi connectivity index (χ0) is 11.4. The Kier molecular flexibility index (Phi) is 2.39. The van der Waals surface area contributed by atoms with Crippen LogP contribution in [0.5, 0.6) is 0 Å². The zero-order valence-electron chi connectivity index (χ0n) is 9.91. The Morgan fingerprint density at radius 1 is 0.933 bits per heavy atom. The van der Waals surface area contributed by atoms with Crippen molar-refractivity contribution in [2.75, 3.05) is 0 Å². The summed E-state index contributed by atoms with van der Waals surface area (Å²) in [4.78, 5) is 0. The monoisotopic (exact) mass is 214 g/mol. The molecular formula is C11H22N2O2. The fraction of sp³-hybridized carbons (Fsp3) is 1.00. The normalized spacial score (nSPS) is 48.0. The second-order valence-electron chi connectivity index (χ2n) is 5.58. The van der Waals surface area contributed by atoms with Gasteiger partial charge < -0.3 is 10.2 Å². The summed E-state index contributed by atoms with van der Waals surface area (Å²) in [7, 11) is 0. The fourth-order valence-corrected chi connectivity index (χ4v) is 2.90. The van der Waals surface area contributed by atoms with Gasteiger partial charge in [-0.25, -0.2) is 0 Å². The minimum atomic E-state index is -1.14. The van der Waals surface area contributed by atoms with Crippen LogP contribution in [0.25, 0.3) is 0 Å². The topological polar surface area (TPSA) is 64.5 Å². The Bertz CT molecular complexity index is 243. The lowest BCUT2D eigenvalue weighted by Crippen LogP contribution is -2.80. The van der Waals surface area contributed by atoms with E-state index in [1.54, 1.807) is 0 Å². The molecule has 0 aliphatic heterocycles. The number of aliphatic hydroxyl groups is 2. The number of hydrogen-bond acceptors (Lipinski definition) is 4. The molecule has 2 unspecified atom stereocenters. The first-order chi connectivity index (χ1) is 6.81. The Morgan fingerprint density at radius 2 is 1.27 bits per heavy atom. The van der Waals surface area contributed by atoms with Crippen LogP contribution in [0.4, 0.5) is 0 Å². The number of fused-ring (bicyclic) bond motifs is 1. The van der Waals surface area contributed by atoms with Gasteiger partial charge in [0.1, 0.15) is 0 Å². The Balaban J connectivity index is 2.11. The molecule has 2 aliphatic rings. The van der Waals surface area contributed by atoms with E-state index in [9.17, 15) is 10.2 Å². The Hall–Kier alpha value is -0.160. The van der Waals surface area contributed by atoms with E-state index in [4.69, 9.17) is 0 Å². The maximum absolute atomic E-state index is 10.4. The molecule has 2 aliphatic carbocycles. The van der Waals surface area contributed by atoms with Crippen molar-refractivity contribution in [1.29, 1.82) is 0 Å². The predicted octanol–water partition coefficient (Wildman–Crippen LogP) is 0.00930. The van der Waals surface area contributed by atoms with Gasteiger partial charge in [0.05, 0.1) is 0 Å². The van der Waals surface area contributed by atoms with Gasteiger partial charge in [-0.05, 0) is 34.1 Å². The Morgan fingerprint density at radius 3 is 1.53 bits per heavy atom. The van der Waals surface area contributed by atoms with Gasteiger partial charge in [0.2, 0.25) is 0 Å². The van der Waals surface area contributed by atoms with Crippen molar-refractivity contribution in [2.24, 2.45) is 11.8 Å². The summed E-state index contributed by atoms with van der Waals surface area (Å²) in [6.07, 6.45) is 0.909. The lowest BCUT2D eigenvalue weighted by Gasteiger charge is -2.54. The van der Waals surface area contributed by atoms with Crippen molar-refractivity contribution in [3.8, 4) is 0 Å². The van der Waals surface area contributed by atoms with Gasteiger partial charge in [-0.15, -0.1) is 0 Å². The smallest absolute Gasteiger partial charge is 0.162 e. The summed E-state index contributed by atoms with van der Waals surface area (Å²) >= 11 is 0. The highest BCUT2D eigenvalue weighted by Gasteiger charge is 2.80. The maximum Gasteiger partial charge on any atom is 0.162 e. The van der Waals surface area contributed by atoms with Crippen molar-refractivity contribution in [1.82, 2.24) is 10.6 Å². The molecule has 4 nitrogen and oxygen atoms in total. The third-order valence-corrected chi connectivity index (χ3v) is 3.46. The van der Waals surface area contributed by atoms with Gasteiger partial charge in [0.25, 0.3) is 0 Å². The highest BCUT2D eigenvalue weighted by molar-refractivity contribution is 5.26. The molecule has 0 aromatic rings. The molecule has 0 saturated heterocycles. The van der Waals surface area contributed by atoms with E-state index >= 15 is 0 Å². The molecular weight excluding hydrogens is 192 g/mol. The summed E-state index contributed by atoms with van der Waals surface area (Å²) in [6.45, 7) is 7.90. The van der Waals surface area contributed by atoms with Gasteiger partial charge in [0.15, 0.2) is 11.4 Å². The first-order valence-corrected chi connectivity index (χ1v) is 5.81. The molecule has 15 heavy (non-hydrogen) atoms. The third-order valence-electron chi connectivity index (χ3n) is 3.46. The average molecular weight is 214 g/mol. The number of nitrogens with one attached hydrogen (secondary N) is 2. The van der Waals surface area contributed by atoms with E-state index in [-0.39, 0.29) is 23.9 Å². The van der Waals surface area contributed by atoms with Gasteiger partial charge in [0, 0.05) is 23.9 Å². The summed E-state index contributed by atoms with van der Waals surface area (Å²) in [5, 5.41) is 27.0. The van der Waals surface area contributed by atoms with Crippen LogP contribution in [0.15, 0.2) is 0 Å². The lowest BCUT2D eigenvalue weighted by atomic mass is 9.77. The molecule has 0 aromatic carbocycles. The predicted molar refractivity (Wildman–Crippen MR) is 58.0 cm³/mol. The lowest BCUT2D eigenvalue weighted by molar-refractivity contribution is -0.268. The van der Waals surface area contributed by atoms with Crippen molar-refractivity contribution in [3.63, 3.8) is 0 Å². The minimum Gasteiger partial charge on any atom is -0.371 e. The molecule has 0 aromatic heterocycles. The molecule has 4 atom stereocenters. The van der Waals surface area contributed by atoms with Crippen LogP contribution < -0.4 is 10.6 Å². The molecule has 2 rings (SSSR count). The van der Waals surface area contributed by atoms with Crippen LogP contribution >= 0.6 is 0 Å². The van der Waals surface area contributed by atoms with Crippen molar-refractivity contribution in [3.05, 3.63) is 0 Å². The molecule has 2 saturated carbocycles. The molecule has 0 spiro atoms. The quantitative estimate of drug-likeness (QED) is 0.498. The van der Waals surface area contributed by atoms with Crippen LogP contribution in [0.2, 0.25) is 0 Å². The van der Waals surface area contributed by atoms with E-state index < -0.39 is 11.4 Å². The van der Waals surface area contributed by atoms with Crippen molar-refractivity contribution in [2.45, 2.75) is 57.6 Å². The van der Waals surface area contributed by atoms with Crippen molar-refractivity contribution < 1.29 is 10.2 Å². The zero-order valence-corrected chi connectivity index (χ0v) is 9.91. The highest BCUT2D eigenvalue weighted by atomic mass is 16.4. The second-order valence-corrected chi connectivity index (χ2v) is 5.58. The number of hydrogen-bond donors (Lipinski definition) is 4. The molecule has 4 N–H and O–H groups in total. The summed E-state index contributed by atoms with van der Waals surface area (Å²) in [6, 6.07) is 0.328. The molecule has 0 radical (unpaired) electrons. The van der Waals surface area contributed by atoms with Gasteiger partial charge >= 0.3 is 0 Å². The van der Waals surface area contributed by atoms with Crippen LogP contribution in [0, 0.1) is 11.8 Å². The van der Waals surface area contributed by atoms with E-state index in [0.717, 1.165) is 6.42 Å². The highest BCUT2D eigenvalue weighted by Crippen LogP contribution is 2.66. The molecule has 2 fully saturated rings. The minimum absolute atomic E-state index is 0.164. The Labute approximate surface area is 91.1 Å². The SMILES string of the molecule is CC(C)N[C@@]1(O)C2CC2[C@@]1(O)NC(C)C. The summed E-state index contributed by atoms with van der Waals surface area (Å²) in [5.74, 6) is 0.437.